The van der Waals surface area contributed by atoms with E-state index in [1.165, 1.54) is 0 Å². The Morgan fingerprint density at radius 2 is 1.84 bits per heavy atom. The first kappa shape index (κ1) is 12.8. The highest BCUT2D eigenvalue weighted by Gasteiger charge is 2.04. The van der Waals surface area contributed by atoms with Crippen LogP contribution < -0.4 is 5.32 Å². The lowest BCUT2D eigenvalue weighted by atomic mass is 10.2. The van der Waals surface area contributed by atoms with Gasteiger partial charge in [0.15, 0.2) is 0 Å². The first-order chi connectivity index (χ1) is 9.22. The monoisotopic (exact) mass is 379 g/mol. The van der Waals surface area contributed by atoms with Crippen LogP contribution >= 0.6 is 31.9 Å². The van der Waals surface area contributed by atoms with Crippen LogP contribution in [0, 0.1) is 0 Å². The summed E-state index contributed by atoms with van der Waals surface area (Å²) in [7, 11) is 0. The zero-order valence-corrected chi connectivity index (χ0v) is 13.2. The van der Waals surface area contributed by atoms with Crippen molar-refractivity contribution in [2.75, 3.05) is 5.32 Å². The maximum Gasteiger partial charge on any atom is 0.134 e. The minimum absolute atomic E-state index is 0.656. The van der Waals surface area contributed by atoms with Gasteiger partial charge in [-0.3, -0.25) is 0 Å². The second-order valence-corrected chi connectivity index (χ2v) is 6.00. The highest BCUT2D eigenvalue weighted by Crippen LogP contribution is 2.27. The predicted octanol–water partition coefficient (Wildman–Crippen LogP) is 5.57. The van der Waals surface area contributed by atoms with E-state index in [0.29, 0.717) is 6.54 Å². The summed E-state index contributed by atoms with van der Waals surface area (Å²) < 4.78 is 7.85. The lowest BCUT2D eigenvalue weighted by Gasteiger charge is -2.07. The van der Waals surface area contributed by atoms with Crippen molar-refractivity contribution in [2.24, 2.45) is 0 Å². The molecule has 0 radical (unpaired) electrons. The molecule has 0 bridgehead atoms. The quantitative estimate of drug-likeness (QED) is 0.642. The van der Waals surface area contributed by atoms with Crippen molar-refractivity contribution >= 4 is 48.5 Å². The van der Waals surface area contributed by atoms with Crippen LogP contribution in [0.25, 0.3) is 11.0 Å². The lowest BCUT2D eigenvalue weighted by molar-refractivity contribution is 0.559. The molecule has 19 heavy (non-hydrogen) atoms. The molecule has 1 aromatic heterocycles. The summed E-state index contributed by atoms with van der Waals surface area (Å²) in [6.45, 7) is 0.656. The van der Waals surface area contributed by atoms with E-state index >= 15 is 0 Å². The Bertz CT molecular complexity index is 688. The van der Waals surface area contributed by atoms with Gasteiger partial charge in [0.05, 0.1) is 6.54 Å². The van der Waals surface area contributed by atoms with Crippen LogP contribution in [-0.2, 0) is 6.54 Å². The van der Waals surface area contributed by atoms with Gasteiger partial charge < -0.3 is 9.73 Å². The second-order valence-electron chi connectivity index (χ2n) is 4.23. The number of halogens is 2. The third-order valence-corrected chi connectivity index (χ3v) is 4.04. The number of fused-ring (bicyclic) bond motifs is 1. The predicted molar refractivity (Wildman–Crippen MR) is 85.4 cm³/mol. The molecule has 1 N–H and O–H groups in total. The van der Waals surface area contributed by atoms with Crippen LogP contribution in [0.15, 0.2) is 61.9 Å². The Hall–Kier alpha value is -1.26. The van der Waals surface area contributed by atoms with E-state index in [1.54, 1.807) is 0 Å². The number of hydrogen-bond acceptors (Lipinski definition) is 2. The molecule has 0 saturated carbocycles. The third kappa shape index (κ3) is 2.85. The van der Waals surface area contributed by atoms with E-state index in [2.05, 4.69) is 49.3 Å². The number of furan rings is 1. The van der Waals surface area contributed by atoms with E-state index < -0.39 is 0 Å². The Kier molecular flexibility index (Phi) is 3.62. The van der Waals surface area contributed by atoms with Gasteiger partial charge in [-0.15, -0.1) is 0 Å². The molecule has 4 heteroatoms. The van der Waals surface area contributed by atoms with Gasteiger partial charge in [0.25, 0.3) is 0 Å². The normalized spacial score (nSPS) is 10.8. The second kappa shape index (κ2) is 5.39. The highest BCUT2D eigenvalue weighted by molar-refractivity contribution is 9.11. The first-order valence-corrected chi connectivity index (χ1v) is 7.47. The molecule has 0 aliphatic rings. The highest BCUT2D eigenvalue weighted by atomic mass is 79.9. The van der Waals surface area contributed by atoms with Crippen molar-refractivity contribution in [3.05, 3.63) is 63.2 Å². The Labute approximate surface area is 128 Å². The van der Waals surface area contributed by atoms with Crippen LogP contribution in [0.1, 0.15) is 5.76 Å². The van der Waals surface area contributed by atoms with Gasteiger partial charge in [-0.05, 0) is 46.3 Å². The maximum absolute atomic E-state index is 5.77. The summed E-state index contributed by atoms with van der Waals surface area (Å²) in [5.41, 5.74) is 1.96. The molecule has 3 aromatic rings. The van der Waals surface area contributed by atoms with Crippen molar-refractivity contribution < 1.29 is 4.42 Å². The fourth-order valence-corrected chi connectivity index (χ4v) is 2.69. The van der Waals surface area contributed by atoms with Crippen molar-refractivity contribution in [2.45, 2.75) is 6.54 Å². The topological polar surface area (TPSA) is 25.2 Å². The molecular weight excluding hydrogens is 370 g/mol. The van der Waals surface area contributed by atoms with Crippen LogP contribution in [-0.4, -0.2) is 0 Å². The number of nitrogens with one attached hydrogen (secondary N) is 1. The zero-order valence-electron chi connectivity index (χ0n) is 9.99. The van der Waals surface area contributed by atoms with E-state index in [4.69, 9.17) is 4.42 Å². The molecular formula is C15H11Br2NO. The van der Waals surface area contributed by atoms with Crippen LogP contribution in [0.5, 0.6) is 0 Å². The summed E-state index contributed by atoms with van der Waals surface area (Å²) >= 11 is 6.99. The van der Waals surface area contributed by atoms with Gasteiger partial charge >= 0.3 is 0 Å². The molecule has 0 spiro atoms. The summed E-state index contributed by atoms with van der Waals surface area (Å²) in [6, 6.07) is 16.1. The lowest BCUT2D eigenvalue weighted by Crippen LogP contribution is -1.98. The molecule has 0 aliphatic heterocycles. The molecule has 2 aromatic carbocycles. The standard InChI is InChI=1S/C15H11Br2NO/c16-11-5-6-13(17)14(8-11)18-9-12-7-10-3-1-2-4-15(10)19-12/h1-8,18H,9H2. The Morgan fingerprint density at radius 1 is 1.00 bits per heavy atom. The molecule has 0 unspecified atom stereocenters. The summed E-state index contributed by atoms with van der Waals surface area (Å²) in [6.07, 6.45) is 0. The minimum atomic E-state index is 0.656. The van der Waals surface area contributed by atoms with Crippen LogP contribution in [0.4, 0.5) is 5.69 Å². The van der Waals surface area contributed by atoms with Crippen molar-refractivity contribution in [1.29, 1.82) is 0 Å². The average Bonchev–Trinajstić information content (AvgIpc) is 2.82. The molecule has 2 nitrogen and oxygen atoms in total. The van der Waals surface area contributed by atoms with E-state index in [-0.39, 0.29) is 0 Å². The van der Waals surface area contributed by atoms with Crippen LogP contribution in [0.2, 0.25) is 0 Å². The molecule has 0 saturated heterocycles. The number of hydrogen-bond donors (Lipinski definition) is 1. The third-order valence-electron chi connectivity index (χ3n) is 2.86. The smallest absolute Gasteiger partial charge is 0.134 e. The molecule has 1 heterocycles. The fraction of sp³-hybridized carbons (Fsp3) is 0.0667. The van der Waals surface area contributed by atoms with Gasteiger partial charge in [0.2, 0.25) is 0 Å². The molecule has 96 valence electrons. The summed E-state index contributed by atoms with van der Waals surface area (Å²) in [5, 5.41) is 4.49. The summed E-state index contributed by atoms with van der Waals surface area (Å²) in [4.78, 5) is 0. The number of anilines is 1. The fourth-order valence-electron chi connectivity index (χ4n) is 1.94. The van der Waals surface area contributed by atoms with Crippen molar-refractivity contribution in [3.8, 4) is 0 Å². The zero-order chi connectivity index (χ0) is 13.2. The molecule has 0 amide bonds. The van der Waals surface area contributed by atoms with Crippen molar-refractivity contribution in [3.63, 3.8) is 0 Å². The maximum atomic E-state index is 5.77. The van der Waals surface area contributed by atoms with Gasteiger partial charge in [0.1, 0.15) is 11.3 Å². The van der Waals surface area contributed by atoms with E-state index in [0.717, 1.165) is 31.4 Å². The largest absolute Gasteiger partial charge is 0.459 e. The molecule has 0 aliphatic carbocycles. The van der Waals surface area contributed by atoms with E-state index in [1.807, 2.05) is 36.4 Å². The van der Waals surface area contributed by atoms with Gasteiger partial charge in [-0.1, -0.05) is 34.1 Å². The number of para-hydroxylation sites is 1. The summed E-state index contributed by atoms with van der Waals surface area (Å²) in [5.74, 6) is 0.924. The van der Waals surface area contributed by atoms with Gasteiger partial charge in [0, 0.05) is 20.0 Å². The number of benzene rings is 2. The first-order valence-electron chi connectivity index (χ1n) is 5.89. The Morgan fingerprint density at radius 3 is 2.68 bits per heavy atom. The molecule has 0 atom stereocenters. The van der Waals surface area contributed by atoms with Crippen molar-refractivity contribution in [1.82, 2.24) is 0 Å². The van der Waals surface area contributed by atoms with Gasteiger partial charge in [-0.25, -0.2) is 0 Å². The van der Waals surface area contributed by atoms with E-state index in [9.17, 15) is 0 Å². The van der Waals surface area contributed by atoms with Gasteiger partial charge in [-0.2, -0.15) is 0 Å². The minimum Gasteiger partial charge on any atom is -0.459 e. The van der Waals surface area contributed by atoms with Crippen LogP contribution in [0.3, 0.4) is 0 Å². The average molecular weight is 381 g/mol. The molecule has 3 rings (SSSR count). The SMILES string of the molecule is Brc1ccc(Br)c(NCc2cc3ccccc3o2)c1. The molecule has 0 fully saturated rings. The Balaban J connectivity index is 1.80. The number of rotatable bonds is 3.